The molecule has 3 aromatic rings. The van der Waals surface area contributed by atoms with Gasteiger partial charge in [0.25, 0.3) is 10.0 Å². The van der Waals surface area contributed by atoms with E-state index in [-0.39, 0.29) is 11.0 Å². The zero-order valence-electron chi connectivity index (χ0n) is 19.0. The molecule has 0 aliphatic carbocycles. The first-order chi connectivity index (χ1) is 15.6. The fourth-order valence-corrected chi connectivity index (χ4v) is 4.88. The number of anilines is 2. The highest BCUT2D eigenvalue weighted by atomic mass is 35.5. The predicted molar refractivity (Wildman–Crippen MR) is 133 cm³/mol. The van der Waals surface area contributed by atoms with Crippen molar-refractivity contribution in [3.8, 4) is 5.75 Å². The molecule has 0 radical (unpaired) electrons. The molecular formula is C25H27ClN2O4S. The SMILES string of the molecule is Cc1ccc(S(=O)(=O)N(CC(=O)Nc2ccccc2OC(C)C)c2cc(Cl)ccc2C)cc1. The first-order valence-electron chi connectivity index (χ1n) is 10.5. The Bertz CT molecular complexity index is 1240. The minimum absolute atomic E-state index is 0.0869. The van der Waals surface area contributed by atoms with E-state index >= 15 is 0 Å². The van der Waals surface area contributed by atoms with Crippen LogP contribution in [0.4, 0.5) is 11.4 Å². The Hall–Kier alpha value is -3.03. The van der Waals surface area contributed by atoms with Crippen molar-refractivity contribution >= 4 is 38.9 Å². The summed E-state index contributed by atoms with van der Waals surface area (Å²) < 4.78 is 34.0. The molecule has 6 nitrogen and oxygen atoms in total. The van der Waals surface area contributed by atoms with Crippen LogP contribution in [0.2, 0.25) is 5.02 Å². The Morgan fingerprint density at radius 2 is 1.70 bits per heavy atom. The number of nitrogens with one attached hydrogen (secondary N) is 1. The van der Waals surface area contributed by atoms with E-state index in [4.69, 9.17) is 16.3 Å². The van der Waals surface area contributed by atoms with Crippen molar-refractivity contribution in [2.45, 2.75) is 38.7 Å². The number of benzene rings is 3. The van der Waals surface area contributed by atoms with Crippen molar-refractivity contribution < 1.29 is 17.9 Å². The smallest absolute Gasteiger partial charge is 0.264 e. The molecule has 0 heterocycles. The van der Waals surface area contributed by atoms with Gasteiger partial charge in [-0.15, -0.1) is 0 Å². The van der Waals surface area contributed by atoms with Crippen LogP contribution >= 0.6 is 11.6 Å². The van der Waals surface area contributed by atoms with Crippen LogP contribution in [-0.2, 0) is 14.8 Å². The molecule has 3 aromatic carbocycles. The van der Waals surface area contributed by atoms with Crippen LogP contribution in [0, 0.1) is 13.8 Å². The van der Waals surface area contributed by atoms with Crippen molar-refractivity contribution in [3.63, 3.8) is 0 Å². The van der Waals surface area contributed by atoms with Crippen LogP contribution in [-0.4, -0.2) is 27.0 Å². The number of hydrogen-bond donors (Lipinski definition) is 1. The normalized spacial score (nSPS) is 11.3. The number of carbonyl (C=O) groups is 1. The summed E-state index contributed by atoms with van der Waals surface area (Å²) in [4.78, 5) is 13.1. The maximum absolute atomic E-state index is 13.6. The van der Waals surface area contributed by atoms with Crippen molar-refractivity contribution in [1.29, 1.82) is 0 Å². The number of sulfonamides is 1. The second-order valence-corrected chi connectivity index (χ2v) is 10.3. The third-order valence-corrected chi connectivity index (χ3v) is 6.87. The van der Waals surface area contributed by atoms with Gasteiger partial charge in [-0.25, -0.2) is 8.42 Å². The highest BCUT2D eigenvalue weighted by molar-refractivity contribution is 7.92. The van der Waals surface area contributed by atoms with Crippen LogP contribution < -0.4 is 14.4 Å². The quantitative estimate of drug-likeness (QED) is 0.451. The lowest BCUT2D eigenvalue weighted by Gasteiger charge is -2.26. The molecule has 0 saturated heterocycles. The molecule has 33 heavy (non-hydrogen) atoms. The van der Waals surface area contributed by atoms with Crippen LogP contribution in [0.3, 0.4) is 0 Å². The molecule has 0 bridgehead atoms. The van der Waals surface area contributed by atoms with Gasteiger partial charge >= 0.3 is 0 Å². The molecule has 1 amide bonds. The summed E-state index contributed by atoms with van der Waals surface area (Å²) in [6, 6.07) is 18.5. The van der Waals surface area contributed by atoms with E-state index in [1.54, 1.807) is 61.5 Å². The van der Waals surface area contributed by atoms with Gasteiger partial charge < -0.3 is 10.1 Å². The van der Waals surface area contributed by atoms with E-state index in [0.29, 0.717) is 27.7 Å². The summed E-state index contributed by atoms with van der Waals surface area (Å²) in [6.45, 7) is 6.98. The Morgan fingerprint density at radius 3 is 2.36 bits per heavy atom. The summed E-state index contributed by atoms with van der Waals surface area (Å²) in [7, 11) is -4.04. The van der Waals surface area contributed by atoms with E-state index in [1.165, 1.54) is 12.1 Å². The molecule has 0 fully saturated rings. The molecule has 174 valence electrons. The number of para-hydroxylation sites is 2. The number of ether oxygens (including phenoxy) is 1. The van der Waals surface area contributed by atoms with E-state index in [1.807, 2.05) is 20.8 Å². The molecule has 0 atom stereocenters. The Balaban J connectivity index is 1.98. The standard InChI is InChI=1S/C25H27ClN2O4S/c1-17(2)32-24-8-6-5-7-22(24)27-25(29)16-28(23-15-20(26)12-11-19(23)4)33(30,31)21-13-9-18(3)10-14-21/h5-15,17H,16H2,1-4H3,(H,27,29). The average Bonchev–Trinajstić information content (AvgIpc) is 2.75. The molecule has 0 aromatic heterocycles. The third kappa shape index (κ3) is 6.06. The molecule has 1 N–H and O–H groups in total. The molecule has 0 saturated carbocycles. The predicted octanol–water partition coefficient (Wildman–Crippen LogP) is 5.58. The van der Waals surface area contributed by atoms with Crippen molar-refractivity contribution in [2.75, 3.05) is 16.2 Å². The number of halogens is 1. The first-order valence-corrected chi connectivity index (χ1v) is 12.3. The third-order valence-electron chi connectivity index (χ3n) is 4.86. The van der Waals surface area contributed by atoms with Crippen LogP contribution in [0.5, 0.6) is 5.75 Å². The summed E-state index contributed by atoms with van der Waals surface area (Å²) in [5.41, 5.74) is 2.40. The zero-order chi connectivity index (χ0) is 24.2. The van der Waals surface area contributed by atoms with Gasteiger partial charge in [-0.3, -0.25) is 9.10 Å². The van der Waals surface area contributed by atoms with Crippen molar-refractivity contribution in [2.24, 2.45) is 0 Å². The minimum Gasteiger partial charge on any atom is -0.489 e. The van der Waals surface area contributed by atoms with Crippen LogP contribution in [0.25, 0.3) is 0 Å². The Morgan fingerprint density at radius 1 is 1.03 bits per heavy atom. The van der Waals surface area contributed by atoms with Gasteiger partial charge in [0.15, 0.2) is 0 Å². The molecule has 0 aliphatic heterocycles. The van der Waals surface area contributed by atoms with Gasteiger partial charge in [0.2, 0.25) is 5.91 Å². The van der Waals surface area contributed by atoms with Gasteiger partial charge in [-0.2, -0.15) is 0 Å². The summed E-state index contributed by atoms with van der Waals surface area (Å²) in [5.74, 6) is -0.00223. The Labute approximate surface area is 200 Å². The van der Waals surface area contributed by atoms with E-state index in [2.05, 4.69) is 5.32 Å². The second kappa shape index (κ2) is 10.3. The highest BCUT2D eigenvalue weighted by Gasteiger charge is 2.29. The van der Waals surface area contributed by atoms with Crippen LogP contribution in [0.15, 0.2) is 71.6 Å². The fraction of sp³-hybridized carbons (Fsp3) is 0.240. The summed E-state index contributed by atoms with van der Waals surface area (Å²) in [6.07, 6.45) is -0.0874. The maximum Gasteiger partial charge on any atom is 0.264 e. The van der Waals surface area contributed by atoms with Gasteiger partial charge in [0.1, 0.15) is 12.3 Å². The van der Waals surface area contributed by atoms with Gasteiger partial charge in [0, 0.05) is 5.02 Å². The van der Waals surface area contributed by atoms with E-state index in [9.17, 15) is 13.2 Å². The second-order valence-electron chi connectivity index (χ2n) is 7.97. The van der Waals surface area contributed by atoms with Gasteiger partial charge in [-0.05, 0) is 69.7 Å². The maximum atomic E-state index is 13.6. The molecule has 8 heteroatoms. The van der Waals surface area contributed by atoms with E-state index < -0.39 is 22.5 Å². The lowest BCUT2D eigenvalue weighted by atomic mass is 10.2. The molecule has 0 aliphatic rings. The van der Waals surface area contributed by atoms with Crippen molar-refractivity contribution in [1.82, 2.24) is 0 Å². The number of carbonyl (C=O) groups excluding carboxylic acids is 1. The number of rotatable bonds is 8. The van der Waals surface area contributed by atoms with Crippen molar-refractivity contribution in [3.05, 3.63) is 82.9 Å². The van der Waals surface area contributed by atoms with E-state index in [0.717, 1.165) is 9.87 Å². The fourth-order valence-electron chi connectivity index (χ4n) is 3.24. The lowest BCUT2D eigenvalue weighted by molar-refractivity contribution is -0.114. The zero-order valence-corrected chi connectivity index (χ0v) is 20.6. The first kappa shape index (κ1) is 24.6. The van der Waals surface area contributed by atoms with Crippen LogP contribution in [0.1, 0.15) is 25.0 Å². The van der Waals surface area contributed by atoms with Gasteiger partial charge in [-0.1, -0.05) is 47.5 Å². The highest BCUT2D eigenvalue weighted by Crippen LogP contribution is 2.30. The summed E-state index contributed by atoms with van der Waals surface area (Å²) in [5, 5.41) is 3.15. The minimum atomic E-state index is -4.04. The average molecular weight is 487 g/mol. The Kier molecular flexibility index (Phi) is 7.66. The topological polar surface area (TPSA) is 75.7 Å². The lowest BCUT2D eigenvalue weighted by Crippen LogP contribution is -2.38. The number of amides is 1. The van der Waals surface area contributed by atoms with Gasteiger partial charge in [0.05, 0.1) is 22.4 Å². The number of nitrogens with zero attached hydrogens (tertiary/aromatic N) is 1. The number of hydrogen-bond acceptors (Lipinski definition) is 4. The monoisotopic (exact) mass is 486 g/mol. The molecule has 0 spiro atoms. The molecule has 3 rings (SSSR count). The number of aryl methyl sites for hydroxylation is 2. The molecule has 0 unspecified atom stereocenters. The summed E-state index contributed by atoms with van der Waals surface area (Å²) >= 11 is 6.17. The largest absolute Gasteiger partial charge is 0.489 e. The molecular weight excluding hydrogens is 460 g/mol.